The maximum Gasteiger partial charge on any atom is 0.253 e. The molecular weight excluding hydrogens is 336 g/mol. The predicted molar refractivity (Wildman–Crippen MR) is 94.0 cm³/mol. The van der Waals surface area contributed by atoms with Gasteiger partial charge in [-0.1, -0.05) is 0 Å². The molecule has 1 aliphatic rings. The summed E-state index contributed by atoms with van der Waals surface area (Å²) in [4.78, 5) is 14.6. The van der Waals surface area contributed by atoms with Crippen LogP contribution < -0.4 is 5.32 Å². The zero-order valence-electron chi connectivity index (χ0n) is 13.8. The Kier molecular flexibility index (Phi) is 7.04. The van der Waals surface area contributed by atoms with Crippen molar-refractivity contribution in [3.8, 4) is 0 Å². The van der Waals surface area contributed by atoms with Gasteiger partial charge in [-0.2, -0.15) is 0 Å². The Morgan fingerprint density at radius 2 is 1.87 bits per heavy atom. The summed E-state index contributed by atoms with van der Waals surface area (Å²) in [5, 5.41) is 2.74. The maximum absolute atomic E-state index is 12.5. The lowest BCUT2D eigenvalue weighted by Crippen LogP contribution is -2.46. The Morgan fingerprint density at radius 3 is 2.39 bits per heavy atom. The molecule has 1 aliphatic heterocycles. The number of hydrogen-bond acceptors (Lipinski definition) is 4. The van der Waals surface area contributed by atoms with Crippen molar-refractivity contribution in [2.24, 2.45) is 0 Å². The molecule has 0 aliphatic carbocycles. The molecule has 1 fully saturated rings. The molecule has 1 saturated heterocycles. The molecule has 0 bridgehead atoms. The highest BCUT2D eigenvalue weighted by Gasteiger charge is 2.24. The molecule has 1 atom stereocenters. The molecule has 5 nitrogen and oxygen atoms in total. The molecule has 2 rings (SSSR count). The highest BCUT2D eigenvalue weighted by Crippen LogP contribution is 2.18. The average Bonchev–Trinajstić information content (AvgIpc) is 2.54. The van der Waals surface area contributed by atoms with Crippen LogP contribution in [0.15, 0.2) is 29.2 Å². The Labute approximate surface area is 144 Å². The number of carbonyl (C=O) groups is 1. The number of hydrogen-bond donors (Lipinski definition) is 1. The Balaban J connectivity index is 0.00000264. The molecule has 7 heteroatoms. The van der Waals surface area contributed by atoms with Gasteiger partial charge in [0.1, 0.15) is 0 Å². The van der Waals surface area contributed by atoms with Crippen molar-refractivity contribution < 1.29 is 13.2 Å². The third kappa shape index (κ3) is 4.46. The molecule has 0 saturated carbocycles. The number of benzene rings is 1. The summed E-state index contributed by atoms with van der Waals surface area (Å²) in [6.45, 7) is 4.75. The van der Waals surface area contributed by atoms with E-state index >= 15 is 0 Å². The fourth-order valence-electron chi connectivity index (χ4n) is 2.64. The number of amides is 1. The first kappa shape index (κ1) is 19.9. The van der Waals surface area contributed by atoms with Crippen molar-refractivity contribution in [1.29, 1.82) is 0 Å². The Hall–Kier alpha value is -1.11. The summed E-state index contributed by atoms with van der Waals surface area (Å²) in [5.74, 6) is -0.0338. The summed E-state index contributed by atoms with van der Waals surface area (Å²) >= 11 is 0. The van der Waals surface area contributed by atoms with E-state index in [1.807, 2.05) is 11.9 Å². The van der Waals surface area contributed by atoms with Gasteiger partial charge < -0.3 is 10.2 Å². The van der Waals surface area contributed by atoms with Gasteiger partial charge in [-0.15, -0.1) is 12.4 Å². The molecule has 1 aromatic carbocycles. The monoisotopic (exact) mass is 360 g/mol. The molecule has 0 spiro atoms. The SMILES string of the molecule is CNC1CCCN(C(=O)c2ccc(S(=O)(=O)C(C)C)cc2)C1.Cl. The van der Waals surface area contributed by atoms with Gasteiger partial charge in [-0.25, -0.2) is 8.42 Å². The van der Waals surface area contributed by atoms with Gasteiger partial charge in [0.25, 0.3) is 5.91 Å². The number of carbonyl (C=O) groups excluding carboxylic acids is 1. The van der Waals surface area contributed by atoms with Crippen LogP contribution in [0, 0.1) is 0 Å². The molecular formula is C16H25ClN2O3S. The molecule has 0 aromatic heterocycles. The van der Waals surface area contributed by atoms with Crippen LogP contribution in [0.1, 0.15) is 37.0 Å². The molecule has 1 aromatic rings. The number of piperidine rings is 1. The lowest BCUT2D eigenvalue weighted by molar-refractivity contribution is 0.0698. The van der Waals surface area contributed by atoms with Gasteiger partial charge in [-0.3, -0.25) is 4.79 Å². The van der Waals surface area contributed by atoms with Crippen molar-refractivity contribution in [3.63, 3.8) is 0 Å². The molecule has 1 unspecified atom stereocenters. The van der Waals surface area contributed by atoms with Crippen LogP contribution in [0.5, 0.6) is 0 Å². The minimum absolute atomic E-state index is 0. The highest BCUT2D eigenvalue weighted by atomic mass is 35.5. The number of nitrogens with one attached hydrogen (secondary N) is 1. The van der Waals surface area contributed by atoms with Gasteiger partial charge in [-0.05, 0) is 58.0 Å². The maximum atomic E-state index is 12.5. The third-order valence-corrected chi connectivity index (χ3v) is 6.34. The van der Waals surface area contributed by atoms with Crippen LogP contribution in [0.4, 0.5) is 0 Å². The van der Waals surface area contributed by atoms with Crippen molar-refractivity contribution in [2.45, 2.75) is 42.9 Å². The molecule has 1 N–H and O–H groups in total. The van der Waals surface area contributed by atoms with Gasteiger partial charge in [0.2, 0.25) is 0 Å². The summed E-state index contributed by atoms with van der Waals surface area (Å²) in [6.07, 6.45) is 2.06. The molecule has 23 heavy (non-hydrogen) atoms. The van der Waals surface area contributed by atoms with Gasteiger partial charge in [0.05, 0.1) is 10.1 Å². The quantitative estimate of drug-likeness (QED) is 0.893. The van der Waals surface area contributed by atoms with Crippen LogP contribution in [0.2, 0.25) is 0 Å². The molecule has 0 radical (unpaired) electrons. The second kappa shape index (κ2) is 8.13. The predicted octanol–water partition coefficient (Wildman–Crippen LogP) is 2.11. The first-order chi connectivity index (χ1) is 10.4. The number of likely N-dealkylation sites (tertiary alicyclic amines) is 1. The highest BCUT2D eigenvalue weighted by molar-refractivity contribution is 7.92. The first-order valence-electron chi connectivity index (χ1n) is 7.66. The van der Waals surface area contributed by atoms with Crippen molar-refractivity contribution in [3.05, 3.63) is 29.8 Å². The summed E-state index contributed by atoms with van der Waals surface area (Å²) < 4.78 is 24.2. The van der Waals surface area contributed by atoms with Gasteiger partial charge in [0.15, 0.2) is 9.84 Å². The zero-order valence-corrected chi connectivity index (χ0v) is 15.4. The van der Waals surface area contributed by atoms with Crippen molar-refractivity contribution in [1.82, 2.24) is 10.2 Å². The van der Waals surface area contributed by atoms with Crippen LogP contribution in [0.25, 0.3) is 0 Å². The van der Waals surface area contributed by atoms with E-state index in [4.69, 9.17) is 0 Å². The molecule has 130 valence electrons. The largest absolute Gasteiger partial charge is 0.337 e. The topological polar surface area (TPSA) is 66.5 Å². The number of sulfone groups is 1. The Bertz CT molecular complexity index is 629. The van der Waals surface area contributed by atoms with E-state index < -0.39 is 15.1 Å². The standard InChI is InChI=1S/C16H24N2O3S.ClH/c1-12(2)22(20,21)15-8-6-13(7-9-15)16(19)18-10-4-5-14(11-18)17-3;/h6-9,12,14,17H,4-5,10-11H2,1-3H3;1H. The number of nitrogens with zero attached hydrogens (tertiary/aromatic N) is 1. The van der Waals surface area contributed by atoms with Gasteiger partial charge in [0, 0.05) is 24.7 Å². The minimum Gasteiger partial charge on any atom is -0.337 e. The number of halogens is 1. The van der Waals surface area contributed by atoms with E-state index in [-0.39, 0.29) is 23.2 Å². The van der Waals surface area contributed by atoms with Crippen molar-refractivity contribution >= 4 is 28.2 Å². The Morgan fingerprint density at radius 1 is 1.26 bits per heavy atom. The van der Waals surface area contributed by atoms with Gasteiger partial charge >= 0.3 is 0 Å². The smallest absolute Gasteiger partial charge is 0.253 e. The van der Waals surface area contributed by atoms with E-state index in [1.165, 1.54) is 12.1 Å². The van der Waals surface area contributed by atoms with E-state index in [0.29, 0.717) is 18.2 Å². The second-order valence-corrected chi connectivity index (χ2v) is 8.50. The zero-order chi connectivity index (χ0) is 16.3. The fraction of sp³-hybridized carbons (Fsp3) is 0.562. The van der Waals surface area contributed by atoms with Crippen LogP contribution in [0.3, 0.4) is 0 Å². The number of likely N-dealkylation sites (N-methyl/N-ethyl adjacent to an activating group) is 1. The summed E-state index contributed by atoms with van der Waals surface area (Å²) in [5.41, 5.74) is 0.541. The molecule has 1 amide bonds. The van der Waals surface area contributed by atoms with Crippen LogP contribution >= 0.6 is 12.4 Å². The second-order valence-electron chi connectivity index (χ2n) is 6.00. The molecule has 1 heterocycles. The van der Waals surface area contributed by atoms with Crippen LogP contribution in [-0.2, 0) is 9.84 Å². The minimum atomic E-state index is -3.29. The van der Waals surface area contributed by atoms with E-state index in [1.54, 1.807) is 26.0 Å². The third-order valence-electron chi connectivity index (χ3n) is 4.17. The lowest BCUT2D eigenvalue weighted by atomic mass is 10.0. The van der Waals surface area contributed by atoms with E-state index in [2.05, 4.69) is 5.32 Å². The first-order valence-corrected chi connectivity index (χ1v) is 9.21. The fourth-order valence-corrected chi connectivity index (χ4v) is 3.70. The van der Waals surface area contributed by atoms with E-state index in [0.717, 1.165) is 19.4 Å². The lowest BCUT2D eigenvalue weighted by Gasteiger charge is -2.32. The number of rotatable bonds is 4. The van der Waals surface area contributed by atoms with Crippen molar-refractivity contribution in [2.75, 3.05) is 20.1 Å². The summed E-state index contributed by atoms with van der Waals surface area (Å²) in [6, 6.07) is 6.61. The normalized spacial score (nSPS) is 18.6. The summed E-state index contributed by atoms with van der Waals surface area (Å²) in [7, 11) is -1.38. The van der Waals surface area contributed by atoms with Crippen LogP contribution in [-0.4, -0.2) is 50.7 Å². The average molecular weight is 361 g/mol. The van der Waals surface area contributed by atoms with E-state index in [9.17, 15) is 13.2 Å².